The largest absolute Gasteiger partial charge is 0.392 e. The fourth-order valence-electron chi connectivity index (χ4n) is 2.94. The molecule has 1 aliphatic rings. The van der Waals surface area contributed by atoms with Crippen LogP contribution in [0, 0.1) is 5.82 Å². The fraction of sp³-hybridized carbons (Fsp3) is 0.533. The van der Waals surface area contributed by atoms with E-state index in [1.165, 1.54) is 6.07 Å². The summed E-state index contributed by atoms with van der Waals surface area (Å²) in [5.41, 5.74) is 1.46. The zero-order valence-corrected chi connectivity index (χ0v) is 12.5. The number of hydrogen-bond donors (Lipinski definition) is 2. The lowest BCUT2D eigenvalue weighted by molar-refractivity contribution is 0.0909. The van der Waals surface area contributed by atoms with Crippen molar-refractivity contribution < 1.29 is 9.50 Å². The average Bonchev–Trinajstić information content (AvgIpc) is 2.84. The Bertz CT molecular complexity index is 631. The second kappa shape index (κ2) is 6.30. The van der Waals surface area contributed by atoms with Gasteiger partial charge < -0.3 is 15.0 Å². The Morgan fingerprint density at radius 3 is 3.14 bits per heavy atom. The average molecular weight is 312 g/mol. The van der Waals surface area contributed by atoms with E-state index in [1.54, 1.807) is 12.4 Å². The molecule has 114 valence electrons. The topological polar surface area (TPSA) is 50.1 Å². The van der Waals surface area contributed by atoms with Crippen LogP contribution in [0.3, 0.4) is 0 Å². The molecule has 0 spiro atoms. The van der Waals surface area contributed by atoms with Crippen LogP contribution >= 0.6 is 11.6 Å². The van der Waals surface area contributed by atoms with Crippen molar-refractivity contribution in [1.82, 2.24) is 14.9 Å². The SMILES string of the molecule is O[C@H]1CCCN[C@@H]1CCCn1cnc2cc(Cl)c(F)cc21. The van der Waals surface area contributed by atoms with Gasteiger partial charge in [-0.2, -0.15) is 0 Å². The van der Waals surface area contributed by atoms with Gasteiger partial charge in [-0.05, 0) is 38.3 Å². The standard InChI is InChI=1S/C15H19ClFN3O/c16-10-7-13-14(8-11(10)17)20(9-19-13)6-2-3-12-15(21)4-1-5-18-12/h7-9,12,15,18,21H,1-6H2/t12-,15+/m1/s1. The number of hydrogen-bond acceptors (Lipinski definition) is 3. The number of rotatable bonds is 4. The summed E-state index contributed by atoms with van der Waals surface area (Å²) in [5, 5.41) is 13.4. The van der Waals surface area contributed by atoms with Crippen LogP contribution in [0.4, 0.5) is 4.39 Å². The second-order valence-corrected chi connectivity index (χ2v) is 6.01. The summed E-state index contributed by atoms with van der Waals surface area (Å²) in [4.78, 5) is 4.25. The number of fused-ring (bicyclic) bond motifs is 1. The minimum atomic E-state index is -0.421. The molecule has 2 N–H and O–H groups in total. The van der Waals surface area contributed by atoms with Gasteiger partial charge in [-0.15, -0.1) is 0 Å². The summed E-state index contributed by atoms with van der Waals surface area (Å²) in [7, 11) is 0. The summed E-state index contributed by atoms with van der Waals surface area (Å²) in [6.45, 7) is 1.72. The maximum absolute atomic E-state index is 13.6. The van der Waals surface area contributed by atoms with Gasteiger partial charge in [0.05, 0.1) is 28.5 Å². The molecule has 3 rings (SSSR count). The zero-order chi connectivity index (χ0) is 14.8. The van der Waals surface area contributed by atoms with E-state index < -0.39 is 5.82 Å². The smallest absolute Gasteiger partial charge is 0.144 e. The number of nitrogens with one attached hydrogen (secondary N) is 1. The fourth-order valence-corrected chi connectivity index (χ4v) is 3.10. The summed E-state index contributed by atoms with van der Waals surface area (Å²) in [5.74, 6) is -0.421. The Morgan fingerprint density at radius 1 is 1.48 bits per heavy atom. The van der Waals surface area contributed by atoms with Crippen molar-refractivity contribution in [3.63, 3.8) is 0 Å². The van der Waals surface area contributed by atoms with Gasteiger partial charge in [-0.3, -0.25) is 0 Å². The second-order valence-electron chi connectivity index (χ2n) is 5.61. The van der Waals surface area contributed by atoms with Crippen LogP contribution in [-0.2, 0) is 6.54 Å². The monoisotopic (exact) mass is 311 g/mol. The van der Waals surface area contributed by atoms with E-state index >= 15 is 0 Å². The van der Waals surface area contributed by atoms with Crippen molar-refractivity contribution in [3.05, 3.63) is 29.3 Å². The van der Waals surface area contributed by atoms with E-state index in [-0.39, 0.29) is 17.2 Å². The van der Waals surface area contributed by atoms with E-state index in [1.807, 2.05) is 4.57 Å². The number of nitrogens with zero attached hydrogens (tertiary/aromatic N) is 2. The van der Waals surface area contributed by atoms with Gasteiger partial charge >= 0.3 is 0 Å². The number of aromatic nitrogens is 2. The number of piperidine rings is 1. The third-order valence-electron chi connectivity index (χ3n) is 4.12. The Morgan fingerprint density at radius 2 is 2.33 bits per heavy atom. The Kier molecular flexibility index (Phi) is 4.42. The first-order valence-corrected chi connectivity index (χ1v) is 7.74. The third kappa shape index (κ3) is 3.20. The number of benzene rings is 1. The number of imidazole rings is 1. The van der Waals surface area contributed by atoms with Gasteiger partial charge in [0, 0.05) is 18.7 Å². The van der Waals surface area contributed by atoms with Gasteiger partial charge in [0.15, 0.2) is 0 Å². The lowest BCUT2D eigenvalue weighted by Crippen LogP contribution is -2.44. The molecule has 0 unspecified atom stereocenters. The van der Waals surface area contributed by atoms with Gasteiger partial charge in [-0.1, -0.05) is 11.6 Å². The van der Waals surface area contributed by atoms with Crippen LogP contribution in [0.2, 0.25) is 5.02 Å². The molecule has 2 atom stereocenters. The molecule has 1 aromatic carbocycles. The van der Waals surface area contributed by atoms with Crippen LogP contribution in [0.1, 0.15) is 25.7 Å². The highest BCUT2D eigenvalue weighted by atomic mass is 35.5. The Labute approximate surface area is 127 Å². The van der Waals surface area contributed by atoms with Gasteiger partial charge in [0.1, 0.15) is 5.82 Å². The highest BCUT2D eigenvalue weighted by Gasteiger charge is 2.21. The van der Waals surface area contributed by atoms with Gasteiger partial charge in [-0.25, -0.2) is 9.37 Å². The molecule has 1 aromatic heterocycles. The molecule has 1 saturated heterocycles. The summed E-state index contributed by atoms with van der Waals surface area (Å²) in [6.07, 6.45) is 5.17. The molecule has 0 amide bonds. The number of aryl methyl sites for hydroxylation is 1. The zero-order valence-electron chi connectivity index (χ0n) is 11.7. The van der Waals surface area contributed by atoms with E-state index in [4.69, 9.17) is 11.6 Å². The van der Waals surface area contributed by atoms with Crippen molar-refractivity contribution in [1.29, 1.82) is 0 Å². The molecule has 0 radical (unpaired) electrons. The highest BCUT2D eigenvalue weighted by Crippen LogP contribution is 2.22. The molecule has 0 saturated carbocycles. The van der Waals surface area contributed by atoms with E-state index in [0.29, 0.717) is 5.52 Å². The van der Waals surface area contributed by atoms with Crippen molar-refractivity contribution in [2.24, 2.45) is 0 Å². The predicted molar refractivity (Wildman–Crippen MR) is 81.0 cm³/mol. The normalized spacial score (nSPS) is 22.8. The molecule has 1 aliphatic heterocycles. The minimum Gasteiger partial charge on any atom is -0.392 e. The molecule has 4 nitrogen and oxygen atoms in total. The van der Waals surface area contributed by atoms with Crippen LogP contribution < -0.4 is 5.32 Å². The minimum absolute atomic E-state index is 0.0993. The van der Waals surface area contributed by atoms with Gasteiger partial charge in [0.2, 0.25) is 0 Å². The first-order valence-electron chi connectivity index (χ1n) is 7.36. The highest BCUT2D eigenvalue weighted by molar-refractivity contribution is 6.31. The molecular formula is C15H19ClFN3O. The summed E-state index contributed by atoms with van der Waals surface area (Å²) >= 11 is 5.76. The molecule has 0 bridgehead atoms. The number of aliphatic hydroxyl groups excluding tert-OH is 1. The predicted octanol–water partition coefficient (Wildman–Crippen LogP) is 2.72. The number of aliphatic hydroxyl groups is 1. The maximum atomic E-state index is 13.6. The molecule has 6 heteroatoms. The quantitative estimate of drug-likeness (QED) is 0.913. The van der Waals surface area contributed by atoms with Crippen molar-refractivity contribution in [2.75, 3.05) is 6.54 Å². The Hall–Kier alpha value is -1.17. The molecule has 2 heterocycles. The number of halogens is 2. The van der Waals surface area contributed by atoms with Crippen LogP contribution in [0.15, 0.2) is 18.5 Å². The van der Waals surface area contributed by atoms with Crippen molar-refractivity contribution in [3.8, 4) is 0 Å². The molecule has 21 heavy (non-hydrogen) atoms. The molecule has 1 fully saturated rings. The molecule has 0 aliphatic carbocycles. The first kappa shape index (κ1) is 14.8. The maximum Gasteiger partial charge on any atom is 0.144 e. The van der Waals surface area contributed by atoms with Crippen molar-refractivity contribution >= 4 is 22.6 Å². The third-order valence-corrected chi connectivity index (χ3v) is 4.41. The Balaban J connectivity index is 1.64. The van der Waals surface area contributed by atoms with E-state index in [9.17, 15) is 9.50 Å². The molecule has 2 aromatic rings. The van der Waals surface area contributed by atoms with Gasteiger partial charge in [0.25, 0.3) is 0 Å². The lowest BCUT2D eigenvalue weighted by atomic mass is 9.97. The van der Waals surface area contributed by atoms with Crippen LogP contribution in [0.5, 0.6) is 0 Å². The van der Waals surface area contributed by atoms with E-state index in [2.05, 4.69) is 10.3 Å². The van der Waals surface area contributed by atoms with Crippen LogP contribution in [-0.4, -0.2) is 33.3 Å². The van der Waals surface area contributed by atoms with E-state index in [0.717, 1.165) is 44.3 Å². The summed E-state index contributed by atoms with van der Waals surface area (Å²) < 4.78 is 15.5. The first-order chi connectivity index (χ1) is 10.1. The van der Waals surface area contributed by atoms with Crippen molar-refractivity contribution in [2.45, 2.75) is 44.4 Å². The lowest BCUT2D eigenvalue weighted by Gasteiger charge is -2.29. The molecular weight excluding hydrogens is 293 g/mol. The summed E-state index contributed by atoms with van der Waals surface area (Å²) in [6, 6.07) is 3.15. The van der Waals surface area contributed by atoms with Crippen LogP contribution in [0.25, 0.3) is 11.0 Å².